The number of anilines is 4. The summed E-state index contributed by atoms with van der Waals surface area (Å²) in [6.45, 7) is 0. The summed E-state index contributed by atoms with van der Waals surface area (Å²) in [5.74, 6) is 0.332. The summed E-state index contributed by atoms with van der Waals surface area (Å²) in [4.78, 5) is 31.0. The van der Waals surface area contributed by atoms with Gasteiger partial charge in [-0.15, -0.1) is 0 Å². The zero-order valence-electron chi connectivity index (χ0n) is 14.8. The van der Waals surface area contributed by atoms with Crippen LogP contribution in [-0.2, 0) is 0 Å². The van der Waals surface area contributed by atoms with E-state index in [0.29, 0.717) is 17.2 Å². The van der Waals surface area contributed by atoms with Gasteiger partial charge in [-0.3, -0.25) is 19.7 Å². The third kappa shape index (κ3) is 3.83. The van der Waals surface area contributed by atoms with Crippen LogP contribution in [0, 0.1) is 0 Å². The molecular formula is C21H16N6O. The molecule has 28 heavy (non-hydrogen) atoms. The quantitative estimate of drug-likeness (QED) is 0.573. The van der Waals surface area contributed by atoms with Crippen molar-refractivity contribution in [3.05, 3.63) is 97.3 Å². The van der Waals surface area contributed by atoms with Gasteiger partial charge in [0.2, 0.25) is 5.95 Å². The summed E-state index contributed by atoms with van der Waals surface area (Å²) < 4.78 is 0. The lowest BCUT2D eigenvalue weighted by molar-refractivity contribution is 0.102. The standard InChI is InChI=1S/C21H16N6O/c28-20(16-3-1-10-23-15-16)26-17-4-6-18(7-5-17)27(19-8-13-22-14-9-19)21-24-11-2-12-25-21/h1-15H,(H,26,28). The summed E-state index contributed by atoms with van der Waals surface area (Å²) in [6, 6.07) is 16.4. The van der Waals surface area contributed by atoms with E-state index < -0.39 is 0 Å². The largest absolute Gasteiger partial charge is 0.322 e. The molecule has 0 spiro atoms. The predicted octanol–water partition coefficient (Wildman–Crippen LogP) is 3.99. The van der Waals surface area contributed by atoms with Gasteiger partial charge in [0.05, 0.1) is 11.3 Å². The molecule has 7 heteroatoms. The number of pyridine rings is 2. The van der Waals surface area contributed by atoms with Crippen LogP contribution in [-0.4, -0.2) is 25.8 Å². The van der Waals surface area contributed by atoms with Crippen molar-refractivity contribution in [2.75, 3.05) is 10.2 Å². The van der Waals surface area contributed by atoms with Crippen LogP contribution in [0.5, 0.6) is 0 Å². The van der Waals surface area contributed by atoms with Crippen LogP contribution in [0.3, 0.4) is 0 Å². The van der Waals surface area contributed by atoms with Crippen LogP contribution >= 0.6 is 0 Å². The fourth-order valence-electron chi connectivity index (χ4n) is 2.67. The Balaban J connectivity index is 1.61. The van der Waals surface area contributed by atoms with E-state index in [-0.39, 0.29) is 5.91 Å². The summed E-state index contributed by atoms with van der Waals surface area (Å²) in [5, 5.41) is 2.87. The SMILES string of the molecule is O=C(Nc1ccc(N(c2ccncc2)c2ncccn2)cc1)c1cccnc1. The number of benzene rings is 1. The Hall–Kier alpha value is -4.13. The molecule has 0 radical (unpaired) electrons. The van der Waals surface area contributed by atoms with Gasteiger partial charge in [0, 0.05) is 48.6 Å². The Morgan fingerprint density at radius 3 is 2.14 bits per heavy atom. The fraction of sp³-hybridized carbons (Fsp3) is 0. The number of hydrogen-bond acceptors (Lipinski definition) is 6. The second kappa shape index (κ2) is 8.05. The number of aromatic nitrogens is 4. The van der Waals surface area contributed by atoms with Crippen molar-refractivity contribution in [2.45, 2.75) is 0 Å². The number of amides is 1. The molecule has 3 aromatic heterocycles. The van der Waals surface area contributed by atoms with Gasteiger partial charge in [-0.25, -0.2) is 9.97 Å². The van der Waals surface area contributed by atoms with E-state index in [9.17, 15) is 4.79 Å². The van der Waals surface area contributed by atoms with Crippen LogP contribution in [0.4, 0.5) is 23.0 Å². The smallest absolute Gasteiger partial charge is 0.257 e. The van der Waals surface area contributed by atoms with E-state index in [4.69, 9.17) is 0 Å². The number of nitrogens with one attached hydrogen (secondary N) is 1. The van der Waals surface area contributed by atoms with Crippen molar-refractivity contribution in [3.63, 3.8) is 0 Å². The molecule has 136 valence electrons. The van der Waals surface area contributed by atoms with Crippen LogP contribution in [0.2, 0.25) is 0 Å². The van der Waals surface area contributed by atoms with E-state index in [1.54, 1.807) is 49.2 Å². The molecule has 0 aliphatic carbocycles. The van der Waals surface area contributed by atoms with Crippen LogP contribution in [0.15, 0.2) is 91.8 Å². The second-order valence-electron chi connectivity index (χ2n) is 5.83. The zero-order valence-corrected chi connectivity index (χ0v) is 14.8. The molecule has 0 saturated heterocycles. The maximum absolute atomic E-state index is 12.3. The number of carbonyl (C=O) groups is 1. The van der Waals surface area contributed by atoms with E-state index in [1.807, 2.05) is 41.3 Å². The maximum atomic E-state index is 12.3. The van der Waals surface area contributed by atoms with Gasteiger partial charge in [-0.2, -0.15) is 0 Å². The first-order valence-electron chi connectivity index (χ1n) is 8.60. The van der Waals surface area contributed by atoms with Crippen molar-refractivity contribution >= 4 is 28.9 Å². The van der Waals surface area contributed by atoms with Crippen molar-refractivity contribution in [3.8, 4) is 0 Å². The van der Waals surface area contributed by atoms with Gasteiger partial charge in [0.25, 0.3) is 5.91 Å². The Labute approximate surface area is 161 Å². The average Bonchev–Trinajstić information content (AvgIpc) is 2.77. The van der Waals surface area contributed by atoms with E-state index >= 15 is 0 Å². The van der Waals surface area contributed by atoms with Gasteiger partial charge in [-0.05, 0) is 54.6 Å². The Morgan fingerprint density at radius 1 is 0.750 bits per heavy atom. The third-order valence-electron chi connectivity index (χ3n) is 3.98. The lowest BCUT2D eigenvalue weighted by Gasteiger charge is -2.22. The first-order chi connectivity index (χ1) is 13.8. The first kappa shape index (κ1) is 17.3. The molecule has 7 nitrogen and oxygen atoms in total. The van der Waals surface area contributed by atoms with Crippen molar-refractivity contribution < 1.29 is 4.79 Å². The molecule has 4 aromatic rings. The van der Waals surface area contributed by atoms with Crippen LogP contribution in [0.25, 0.3) is 0 Å². The second-order valence-corrected chi connectivity index (χ2v) is 5.83. The molecule has 4 rings (SSSR count). The molecule has 0 fully saturated rings. The van der Waals surface area contributed by atoms with Crippen molar-refractivity contribution in [2.24, 2.45) is 0 Å². The molecule has 3 heterocycles. The van der Waals surface area contributed by atoms with Crippen molar-refractivity contribution in [1.82, 2.24) is 19.9 Å². The number of hydrogen-bond donors (Lipinski definition) is 1. The minimum atomic E-state index is -0.210. The van der Waals surface area contributed by atoms with Crippen LogP contribution in [0.1, 0.15) is 10.4 Å². The Morgan fingerprint density at radius 2 is 1.46 bits per heavy atom. The highest BCUT2D eigenvalue weighted by molar-refractivity contribution is 6.04. The molecule has 1 aromatic carbocycles. The minimum absolute atomic E-state index is 0.210. The highest BCUT2D eigenvalue weighted by atomic mass is 16.1. The van der Waals surface area contributed by atoms with E-state index in [0.717, 1.165) is 11.4 Å². The van der Waals surface area contributed by atoms with Gasteiger partial charge in [0.1, 0.15) is 0 Å². The molecule has 0 atom stereocenters. The lowest BCUT2D eigenvalue weighted by Crippen LogP contribution is -2.14. The fourth-order valence-corrected chi connectivity index (χ4v) is 2.67. The summed E-state index contributed by atoms with van der Waals surface area (Å²) >= 11 is 0. The molecule has 0 aliphatic heterocycles. The van der Waals surface area contributed by atoms with E-state index in [2.05, 4.69) is 25.3 Å². The zero-order chi connectivity index (χ0) is 19.2. The summed E-state index contributed by atoms with van der Waals surface area (Å²) in [6.07, 6.45) is 9.98. The maximum Gasteiger partial charge on any atom is 0.257 e. The van der Waals surface area contributed by atoms with Crippen LogP contribution < -0.4 is 10.2 Å². The van der Waals surface area contributed by atoms with Gasteiger partial charge >= 0.3 is 0 Å². The summed E-state index contributed by atoms with van der Waals surface area (Å²) in [5.41, 5.74) is 2.93. The third-order valence-corrected chi connectivity index (χ3v) is 3.98. The normalized spacial score (nSPS) is 10.3. The highest BCUT2D eigenvalue weighted by Gasteiger charge is 2.14. The van der Waals surface area contributed by atoms with Gasteiger partial charge in [-0.1, -0.05) is 0 Å². The van der Waals surface area contributed by atoms with Crippen molar-refractivity contribution in [1.29, 1.82) is 0 Å². The Kier molecular flexibility index (Phi) is 4.97. The Bertz CT molecular complexity index is 1000. The molecule has 0 saturated carbocycles. The number of nitrogens with zero attached hydrogens (tertiary/aromatic N) is 5. The number of rotatable bonds is 5. The molecular weight excluding hydrogens is 352 g/mol. The topological polar surface area (TPSA) is 83.9 Å². The molecule has 0 aliphatic rings. The molecule has 0 unspecified atom stereocenters. The monoisotopic (exact) mass is 368 g/mol. The first-order valence-corrected chi connectivity index (χ1v) is 8.60. The highest BCUT2D eigenvalue weighted by Crippen LogP contribution is 2.31. The van der Waals surface area contributed by atoms with Gasteiger partial charge < -0.3 is 5.32 Å². The van der Waals surface area contributed by atoms with E-state index in [1.165, 1.54) is 6.20 Å². The predicted molar refractivity (Wildman–Crippen MR) is 107 cm³/mol. The summed E-state index contributed by atoms with van der Waals surface area (Å²) in [7, 11) is 0. The molecule has 1 amide bonds. The average molecular weight is 368 g/mol. The lowest BCUT2D eigenvalue weighted by atomic mass is 10.2. The minimum Gasteiger partial charge on any atom is -0.322 e. The molecule has 1 N–H and O–H groups in total. The van der Waals surface area contributed by atoms with Gasteiger partial charge in [0.15, 0.2) is 0 Å². The number of carbonyl (C=O) groups excluding carboxylic acids is 1. The molecule has 0 bridgehead atoms.